The molecule has 1 aromatic rings. The highest BCUT2D eigenvalue weighted by atomic mass is 19.1. The number of halogens is 1. The van der Waals surface area contributed by atoms with Crippen LogP contribution in [0.4, 0.5) is 4.39 Å². The lowest BCUT2D eigenvalue weighted by molar-refractivity contribution is 0.422. The number of rotatable bonds is 5. The van der Waals surface area contributed by atoms with E-state index in [0.717, 1.165) is 18.5 Å². The fraction of sp³-hybridized carbons (Fsp3) is 0.571. The summed E-state index contributed by atoms with van der Waals surface area (Å²) in [7, 11) is 0. The van der Waals surface area contributed by atoms with E-state index >= 15 is 0 Å². The van der Waals surface area contributed by atoms with Crippen molar-refractivity contribution >= 4 is 0 Å². The van der Waals surface area contributed by atoms with Crippen molar-refractivity contribution in [3.63, 3.8) is 0 Å². The van der Waals surface area contributed by atoms with Crippen LogP contribution < -0.4 is 5.32 Å². The summed E-state index contributed by atoms with van der Waals surface area (Å²) in [5.74, 6) is -0.0946. The van der Waals surface area contributed by atoms with E-state index in [-0.39, 0.29) is 11.9 Å². The van der Waals surface area contributed by atoms with Crippen molar-refractivity contribution in [1.29, 1.82) is 0 Å². The molecule has 1 nitrogen and oxygen atoms in total. The van der Waals surface area contributed by atoms with Gasteiger partial charge >= 0.3 is 0 Å². The Labute approximate surface area is 97.1 Å². The monoisotopic (exact) mass is 221 g/mol. The summed E-state index contributed by atoms with van der Waals surface area (Å²) in [6.07, 6.45) is 3.53. The van der Waals surface area contributed by atoms with Crippen molar-refractivity contribution in [2.45, 2.75) is 39.2 Å². The van der Waals surface area contributed by atoms with Gasteiger partial charge in [-0.3, -0.25) is 0 Å². The van der Waals surface area contributed by atoms with E-state index in [1.807, 2.05) is 12.1 Å². The van der Waals surface area contributed by atoms with E-state index in [9.17, 15) is 4.39 Å². The Morgan fingerprint density at radius 2 is 2.06 bits per heavy atom. The van der Waals surface area contributed by atoms with Crippen LogP contribution in [0, 0.1) is 11.2 Å². The summed E-state index contributed by atoms with van der Waals surface area (Å²) < 4.78 is 13.6. The molecule has 0 aromatic heterocycles. The van der Waals surface area contributed by atoms with Gasteiger partial charge in [-0.05, 0) is 30.7 Å². The molecule has 1 N–H and O–H groups in total. The van der Waals surface area contributed by atoms with Crippen molar-refractivity contribution in [3.8, 4) is 0 Å². The maximum Gasteiger partial charge on any atom is 0.127 e. The third-order valence-electron chi connectivity index (χ3n) is 3.57. The van der Waals surface area contributed by atoms with Gasteiger partial charge in [0.2, 0.25) is 0 Å². The first-order valence-electron chi connectivity index (χ1n) is 6.12. The summed E-state index contributed by atoms with van der Waals surface area (Å²) in [5.41, 5.74) is 1.27. The molecule has 0 amide bonds. The van der Waals surface area contributed by atoms with Crippen molar-refractivity contribution < 1.29 is 4.39 Å². The second kappa shape index (κ2) is 4.54. The van der Waals surface area contributed by atoms with E-state index in [4.69, 9.17) is 0 Å². The Kier molecular flexibility index (Phi) is 3.29. The molecule has 1 aliphatic carbocycles. The van der Waals surface area contributed by atoms with E-state index in [1.165, 1.54) is 12.8 Å². The van der Waals surface area contributed by atoms with Crippen LogP contribution >= 0.6 is 0 Å². The average Bonchev–Trinajstić information content (AvgIpc) is 3.00. The lowest BCUT2D eigenvalue weighted by Gasteiger charge is -2.20. The van der Waals surface area contributed by atoms with Crippen molar-refractivity contribution in [3.05, 3.63) is 35.6 Å². The van der Waals surface area contributed by atoms with Crippen LogP contribution in [-0.4, -0.2) is 6.54 Å². The zero-order valence-electron chi connectivity index (χ0n) is 10.1. The maximum absolute atomic E-state index is 13.6. The molecular formula is C14H20FN. The van der Waals surface area contributed by atoms with Gasteiger partial charge in [0.25, 0.3) is 0 Å². The zero-order valence-corrected chi connectivity index (χ0v) is 10.1. The molecule has 88 valence electrons. The van der Waals surface area contributed by atoms with Gasteiger partial charge in [-0.1, -0.05) is 32.0 Å². The average molecular weight is 221 g/mol. The molecule has 1 aromatic carbocycles. The number of nitrogens with one attached hydrogen (secondary N) is 1. The largest absolute Gasteiger partial charge is 0.309 e. The topological polar surface area (TPSA) is 12.0 Å². The molecule has 0 aliphatic heterocycles. The summed E-state index contributed by atoms with van der Waals surface area (Å²) in [5, 5.41) is 3.49. The molecule has 0 bridgehead atoms. The van der Waals surface area contributed by atoms with Crippen LogP contribution in [0.2, 0.25) is 0 Å². The highest BCUT2D eigenvalue weighted by molar-refractivity contribution is 5.21. The van der Waals surface area contributed by atoms with Crippen LogP contribution in [0.25, 0.3) is 0 Å². The van der Waals surface area contributed by atoms with E-state index in [1.54, 1.807) is 12.1 Å². The van der Waals surface area contributed by atoms with Gasteiger partial charge in [-0.15, -0.1) is 0 Å². The first-order chi connectivity index (χ1) is 7.64. The third-order valence-corrected chi connectivity index (χ3v) is 3.57. The van der Waals surface area contributed by atoms with Crippen molar-refractivity contribution in [2.24, 2.45) is 5.41 Å². The molecule has 1 fully saturated rings. The number of hydrogen-bond acceptors (Lipinski definition) is 1. The standard InChI is InChI=1S/C14H20FN/c1-3-13(16-10-14(2)8-9-14)11-6-4-5-7-12(11)15/h4-7,13,16H,3,8-10H2,1-2H3. The lowest BCUT2D eigenvalue weighted by Crippen LogP contribution is -2.27. The normalized spacial score (nSPS) is 19.4. The van der Waals surface area contributed by atoms with Gasteiger partial charge in [-0.2, -0.15) is 0 Å². The predicted molar refractivity (Wildman–Crippen MR) is 64.8 cm³/mol. The molecular weight excluding hydrogens is 201 g/mol. The van der Waals surface area contributed by atoms with Crippen molar-refractivity contribution in [2.75, 3.05) is 6.54 Å². The van der Waals surface area contributed by atoms with Crippen LogP contribution in [0.3, 0.4) is 0 Å². The molecule has 2 heteroatoms. The second-order valence-corrected chi connectivity index (χ2v) is 5.17. The summed E-state index contributed by atoms with van der Waals surface area (Å²) in [6.45, 7) is 5.38. The highest BCUT2D eigenvalue weighted by Gasteiger charge is 2.37. The van der Waals surface area contributed by atoms with Crippen LogP contribution in [0.5, 0.6) is 0 Å². The Bertz CT molecular complexity index is 358. The van der Waals surface area contributed by atoms with E-state index in [2.05, 4.69) is 19.2 Å². The minimum Gasteiger partial charge on any atom is -0.309 e. The van der Waals surface area contributed by atoms with Gasteiger partial charge in [0.15, 0.2) is 0 Å². The van der Waals surface area contributed by atoms with E-state index in [0.29, 0.717) is 5.41 Å². The summed E-state index contributed by atoms with van der Waals surface area (Å²) in [4.78, 5) is 0. The Morgan fingerprint density at radius 1 is 1.38 bits per heavy atom. The third kappa shape index (κ3) is 2.62. The van der Waals surface area contributed by atoms with Gasteiger partial charge in [0, 0.05) is 18.2 Å². The molecule has 1 unspecified atom stereocenters. The molecule has 16 heavy (non-hydrogen) atoms. The first kappa shape index (κ1) is 11.6. The minimum absolute atomic E-state index is 0.0946. The highest BCUT2D eigenvalue weighted by Crippen LogP contribution is 2.44. The summed E-state index contributed by atoms with van der Waals surface area (Å²) >= 11 is 0. The Morgan fingerprint density at radius 3 is 2.62 bits per heavy atom. The first-order valence-corrected chi connectivity index (χ1v) is 6.12. The minimum atomic E-state index is -0.0946. The molecule has 0 saturated heterocycles. The lowest BCUT2D eigenvalue weighted by atomic mass is 10.0. The zero-order chi connectivity index (χ0) is 11.6. The molecule has 1 aliphatic rings. The maximum atomic E-state index is 13.6. The molecule has 1 saturated carbocycles. The van der Waals surface area contributed by atoms with Crippen LogP contribution in [0.15, 0.2) is 24.3 Å². The van der Waals surface area contributed by atoms with Crippen LogP contribution in [0.1, 0.15) is 44.7 Å². The SMILES string of the molecule is CCC(NCC1(C)CC1)c1ccccc1F. The van der Waals surface area contributed by atoms with Crippen molar-refractivity contribution in [1.82, 2.24) is 5.32 Å². The Balaban J connectivity index is 2.01. The summed E-state index contributed by atoms with van der Waals surface area (Å²) in [6, 6.07) is 7.22. The Hall–Kier alpha value is -0.890. The number of hydrogen-bond donors (Lipinski definition) is 1. The molecule has 2 rings (SSSR count). The second-order valence-electron chi connectivity index (χ2n) is 5.17. The molecule has 1 atom stereocenters. The fourth-order valence-electron chi connectivity index (χ4n) is 1.99. The number of benzene rings is 1. The molecule has 0 spiro atoms. The quantitative estimate of drug-likeness (QED) is 0.800. The van der Waals surface area contributed by atoms with Gasteiger partial charge in [0.1, 0.15) is 5.82 Å². The molecule has 0 heterocycles. The van der Waals surface area contributed by atoms with Gasteiger partial charge in [-0.25, -0.2) is 4.39 Å². The van der Waals surface area contributed by atoms with Gasteiger partial charge in [0.05, 0.1) is 0 Å². The smallest absolute Gasteiger partial charge is 0.127 e. The van der Waals surface area contributed by atoms with Gasteiger partial charge < -0.3 is 5.32 Å². The van der Waals surface area contributed by atoms with E-state index < -0.39 is 0 Å². The van der Waals surface area contributed by atoms with Crippen LogP contribution in [-0.2, 0) is 0 Å². The predicted octanol–water partition coefficient (Wildman–Crippen LogP) is 3.67. The molecule has 0 radical (unpaired) electrons. The fourth-order valence-corrected chi connectivity index (χ4v) is 1.99.